The molecule has 0 aliphatic carbocycles. The Balaban J connectivity index is 2.58. The molecular formula is C15H25NO4S. The van der Waals surface area contributed by atoms with Crippen molar-refractivity contribution in [1.29, 1.82) is 0 Å². The molecule has 120 valence electrons. The van der Waals surface area contributed by atoms with E-state index in [1.54, 1.807) is 12.1 Å². The van der Waals surface area contributed by atoms with Gasteiger partial charge in [0, 0.05) is 13.7 Å². The van der Waals surface area contributed by atoms with Crippen LogP contribution in [0.4, 0.5) is 0 Å². The molecule has 0 saturated heterocycles. The second-order valence-electron chi connectivity index (χ2n) is 5.54. The first kappa shape index (κ1) is 18.1. The summed E-state index contributed by atoms with van der Waals surface area (Å²) in [5, 5.41) is 9.48. The van der Waals surface area contributed by atoms with Crippen LogP contribution in [0.15, 0.2) is 29.2 Å². The topological polar surface area (TPSA) is 75.6 Å². The Morgan fingerprint density at radius 2 is 1.86 bits per heavy atom. The Morgan fingerprint density at radius 3 is 2.38 bits per heavy atom. The molecule has 1 rings (SSSR count). The monoisotopic (exact) mass is 315 g/mol. The van der Waals surface area contributed by atoms with Crippen molar-refractivity contribution in [2.24, 2.45) is 5.92 Å². The predicted molar refractivity (Wildman–Crippen MR) is 82.7 cm³/mol. The molecule has 0 aromatic heterocycles. The van der Waals surface area contributed by atoms with Crippen molar-refractivity contribution in [3.63, 3.8) is 0 Å². The van der Waals surface area contributed by atoms with Crippen molar-refractivity contribution in [2.45, 2.75) is 37.7 Å². The van der Waals surface area contributed by atoms with Crippen LogP contribution in [0.25, 0.3) is 0 Å². The summed E-state index contributed by atoms with van der Waals surface area (Å²) >= 11 is 0. The van der Waals surface area contributed by atoms with Gasteiger partial charge in [-0.15, -0.1) is 0 Å². The number of rotatable bonds is 9. The van der Waals surface area contributed by atoms with E-state index in [1.165, 1.54) is 7.11 Å². The summed E-state index contributed by atoms with van der Waals surface area (Å²) in [6, 6.07) is 6.92. The average molecular weight is 315 g/mol. The maximum atomic E-state index is 12.1. The van der Waals surface area contributed by atoms with Gasteiger partial charge in [-0.2, -0.15) is 0 Å². The summed E-state index contributed by atoms with van der Waals surface area (Å²) < 4.78 is 31.4. The number of hydrogen-bond acceptors (Lipinski definition) is 4. The van der Waals surface area contributed by atoms with Crippen LogP contribution in [0.2, 0.25) is 0 Å². The van der Waals surface area contributed by atoms with E-state index in [0.29, 0.717) is 12.3 Å². The van der Waals surface area contributed by atoms with Gasteiger partial charge in [0.15, 0.2) is 0 Å². The predicted octanol–water partition coefficient (Wildman–Crippen LogP) is 1.56. The SMILES string of the molecule is COCC(O)CCNS(=O)(=O)c1ccc(CC(C)C)cc1. The van der Waals surface area contributed by atoms with Gasteiger partial charge in [0.1, 0.15) is 0 Å². The van der Waals surface area contributed by atoms with Gasteiger partial charge in [0.2, 0.25) is 10.0 Å². The number of benzene rings is 1. The molecule has 5 nitrogen and oxygen atoms in total. The third kappa shape index (κ3) is 6.56. The Labute approximate surface area is 127 Å². The van der Waals surface area contributed by atoms with E-state index < -0.39 is 16.1 Å². The fourth-order valence-electron chi connectivity index (χ4n) is 2.00. The van der Waals surface area contributed by atoms with Crippen LogP contribution in [0.3, 0.4) is 0 Å². The molecule has 6 heteroatoms. The molecule has 0 fully saturated rings. The van der Waals surface area contributed by atoms with E-state index >= 15 is 0 Å². The molecule has 0 saturated carbocycles. The van der Waals surface area contributed by atoms with Crippen LogP contribution in [0, 0.1) is 5.92 Å². The second-order valence-corrected chi connectivity index (χ2v) is 7.30. The Bertz CT molecular complexity index is 511. The van der Waals surface area contributed by atoms with E-state index in [9.17, 15) is 13.5 Å². The minimum absolute atomic E-state index is 0.181. The molecule has 0 amide bonds. The smallest absolute Gasteiger partial charge is 0.240 e. The van der Waals surface area contributed by atoms with Crippen molar-refractivity contribution in [3.05, 3.63) is 29.8 Å². The van der Waals surface area contributed by atoms with E-state index in [2.05, 4.69) is 18.6 Å². The molecule has 0 radical (unpaired) electrons. The minimum atomic E-state index is -3.52. The van der Waals surface area contributed by atoms with Crippen molar-refractivity contribution in [3.8, 4) is 0 Å². The standard InChI is InChI=1S/C15H25NO4S/c1-12(2)10-13-4-6-15(7-5-13)21(18,19)16-9-8-14(17)11-20-3/h4-7,12,14,16-17H,8-11H2,1-3H3. The number of hydrogen-bond donors (Lipinski definition) is 2. The van der Waals surface area contributed by atoms with Crippen LogP contribution >= 0.6 is 0 Å². The summed E-state index contributed by atoms with van der Waals surface area (Å²) in [5.74, 6) is 0.535. The lowest BCUT2D eigenvalue weighted by atomic mass is 10.0. The van der Waals surface area contributed by atoms with Crippen molar-refractivity contribution < 1.29 is 18.3 Å². The number of sulfonamides is 1. The molecule has 1 aromatic carbocycles. The highest BCUT2D eigenvalue weighted by Gasteiger charge is 2.14. The van der Waals surface area contributed by atoms with Gasteiger partial charge < -0.3 is 9.84 Å². The summed E-state index contributed by atoms with van der Waals surface area (Å²) in [6.45, 7) is 4.63. The number of aliphatic hydroxyl groups excluding tert-OH is 1. The first-order valence-electron chi connectivity index (χ1n) is 7.10. The lowest BCUT2D eigenvalue weighted by molar-refractivity contribution is 0.0603. The zero-order valence-corrected chi connectivity index (χ0v) is 13.7. The van der Waals surface area contributed by atoms with Gasteiger partial charge >= 0.3 is 0 Å². The minimum Gasteiger partial charge on any atom is -0.391 e. The van der Waals surface area contributed by atoms with Crippen LogP contribution < -0.4 is 4.72 Å². The van der Waals surface area contributed by atoms with Gasteiger partial charge in [-0.1, -0.05) is 26.0 Å². The molecule has 0 bridgehead atoms. The Kier molecular flexibility index (Phi) is 7.31. The molecule has 0 aliphatic rings. The molecule has 0 heterocycles. The number of ether oxygens (including phenoxy) is 1. The van der Waals surface area contributed by atoms with Crippen LogP contribution in [-0.4, -0.2) is 39.9 Å². The summed E-state index contributed by atoms with van der Waals surface area (Å²) in [6.07, 6.45) is 0.585. The van der Waals surface area contributed by atoms with E-state index in [4.69, 9.17) is 4.74 Å². The zero-order valence-electron chi connectivity index (χ0n) is 12.9. The Hall–Kier alpha value is -0.950. The quantitative estimate of drug-likeness (QED) is 0.725. The zero-order chi connectivity index (χ0) is 15.9. The molecule has 1 unspecified atom stereocenters. The Morgan fingerprint density at radius 1 is 1.24 bits per heavy atom. The fraction of sp³-hybridized carbons (Fsp3) is 0.600. The number of nitrogens with one attached hydrogen (secondary N) is 1. The maximum Gasteiger partial charge on any atom is 0.240 e. The fourth-order valence-corrected chi connectivity index (χ4v) is 3.04. The molecule has 0 spiro atoms. The molecule has 2 N–H and O–H groups in total. The molecule has 21 heavy (non-hydrogen) atoms. The lowest BCUT2D eigenvalue weighted by Crippen LogP contribution is -2.28. The lowest BCUT2D eigenvalue weighted by Gasteiger charge is -2.11. The third-order valence-corrected chi connectivity index (χ3v) is 4.48. The molecule has 1 atom stereocenters. The molecule has 0 aliphatic heterocycles. The third-order valence-electron chi connectivity index (χ3n) is 3.01. The van der Waals surface area contributed by atoms with Gasteiger partial charge in [-0.05, 0) is 36.5 Å². The second kappa shape index (κ2) is 8.48. The highest BCUT2D eigenvalue weighted by molar-refractivity contribution is 7.89. The van der Waals surface area contributed by atoms with Crippen LogP contribution in [0.1, 0.15) is 25.8 Å². The van der Waals surface area contributed by atoms with Gasteiger partial charge in [-0.25, -0.2) is 13.1 Å². The largest absolute Gasteiger partial charge is 0.391 e. The molecule has 1 aromatic rings. The first-order valence-corrected chi connectivity index (χ1v) is 8.59. The maximum absolute atomic E-state index is 12.1. The first-order chi connectivity index (χ1) is 9.85. The van der Waals surface area contributed by atoms with Crippen LogP contribution in [0.5, 0.6) is 0 Å². The highest BCUT2D eigenvalue weighted by Crippen LogP contribution is 2.13. The van der Waals surface area contributed by atoms with Crippen molar-refractivity contribution >= 4 is 10.0 Å². The van der Waals surface area contributed by atoms with E-state index in [0.717, 1.165) is 12.0 Å². The van der Waals surface area contributed by atoms with Gasteiger partial charge in [0.05, 0.1) is 17.6 Å². The van der Waals surface area contributed by atoms with E-state index in [-0.39, 0.29) is 18.0 Å². The van der Waals surface area contributed by atoms with Gasteiger partial charge in [0.25, 0.3) is 0 Å². The van der Waals surface area contributed by atoms with Crippen LogP contribution in [-0.2, 0) is 21.2 Å². The highest BCUT2D eigenvalue weighted by atomic mass is 32.2. The van der Waals surface area contributed by atoms with Crippen molar-refractivity contribution in [2.75, 3.05) is 20.3 Å². The van der Waals surface area contributed by atoms with Crippen molar-refractivity contribution in [1.82, 2.24) is 4.72 Å². The molecular weight excluding hydrogens is 290 g/mol. The average Bonchev–Trinajstić information content (AvgIpc) is 2.38. The number of methoxy groups -OCH3 is 1. The summed E-state index contributed by atoms with van der Waals surface area (Å²) in [4.78, 5) is 0.247. The number of aliphatic hydroxyl groups is 1. The normalized spacial score (nSPS) is 13.6. The van der Waals surface area contributed by atoms with Gasteiger partial charge in [-0.3, -0.25) is 0 Å². The summed E-state index contributed by atoms with van der Waals surface area (Å²) in [5.41, 5.74) is 1.12. The van der Waals surface area contributed by atoms with E-state index in [1.807, 2.05) is 12.1 Å². The summed E-state index contributed by atoms with van der Waals surface area (Å²) in [7, 11) is -2.03.